The summed E-state index contributed by atoms with van der Waals surface area (Å²) in [6.07, 6.45) is 0. The quantitative estimate of drug-likeness (QED) is 0.469. The van der Waals surface area contributed by atoms with Crippen LogP contribution in [0.2, 0.25) is 0 Å². The molecule has 3 rings (SSSR count). The van der Waals surface area contributed by atoms with Gasteiger partial charge in [-0.2, -0.15) is 0 Å². The minimum atomic E-state index is -1.63. The van der Waals surface area contributed by atoms with Gasteiger partial charge in [0, 0.05) is 13.7 Å². The summed E-state index contributed by atoms with van der Waals surface area (Å²) in [4.78, 5) is 17.0. The lowest BCUT2D eigenvalue weighted by atomic mass is 10.2. The number of imidazole rings is 1. The number of nitrogens with zero attached hydrogens (tertiary/aromatic N) is 2. The highest BCUT2D eigenvalue weighted by molar-refractivity contribution is 8.00. The molecule has 148 valence electrons. The highest BCUT2D eigenvalue weighted by Gasteiger charge is 2.22. The SMILES string of the molecule is COCCn1c(S[C@@H](C)C(=O)Nc2ccc(F)c(F)c2F)nc2ccccc21. The summed E-state index contributed by atoms with van der Waals surface area (Å²) in [6.45, 7) is 2.64. The van der Waals surface area contributed by atoms with E-state index in [9.17, 15) is 18.0 Å². The van der Waals surface area contributed by atoms with E-state index >= 15 is 0 Å². The number of carbonyl (C=O) groups is 1. The molecule has 2 aromatic carbocycles. The van der Waals surface area contributed by atoms with Crippen LogP contribution in [0.25, 0.3) is 11.0 Å². The highest BCUT2D eigenvalue weighted by atomic mass is 32.2. The molecule has 0 bridgehead atoms. The first-order valence-corrected chi connectivity index (χ1v) is 9.35. The number of amides is 1. The highest BCUT2D eigenvalue weighted by Crippen LogP contribution is 2.28. The van der Waals surface area contributed by atoms with Crippen LogP contribution in [0.3, 0.4) is 0 Å². The number of halogens is 3. The van der Waals surface area contributed by atoms with Crippen LogP contribution in [0, 0.1) is 17.5 Å². The van der Waals surface area contributed by atoms with Crippen molar-refractivity contribution in [1.82, 2.24) is 9.55 Å². The Balaban J connectivity index is 1.79. The molecule has 1 N–H and O–H groups in total. The van der Waals surface area contributed by atoms with Crippen LogP contribution in [0.5, 0.6) is 0 Å². The third kappa shape index (κ3) is 4.15. The predicted octanol–water partition coefficient (Wildman–Crippen LogP) is 4.22. The van der Waals surface area contributed by atoms with Crippen LogP contribution >= 0.6 is 11.8 Å². The first-order chi connectivity index (χ1) is 13.4. The summed E-state index contributed by atoms with van der Waals surface area (Å²) < 4.78 is 47.2. The minimum Gasteiger partial charge on any atom is -0.383 e. The van der Waals surface area contributed by atoms with Gasteiger partial charge in [-0.1, -0.05) is 23.9 Å². The first kappa shape index (κ1) is 20.2. The Kier molecular flexibility index (Phi) is 6.25. The van der Waals surface area contributed by atoms with Crippen molar-refractivity contribution in [3.63, 3.8) is 0 Å². The second-order valence-corrected chi connectivity index (χ2v) is 7.31. The third-order valence-electron chi connectivity index (χ3n) is 4.08. The van der Waals surface area contributed by atoms with E-state index in [2.05, 4.69) is 10.3 Å². The Morgan fingerprint density at radius 2 is 1.96 bits per heavy atom. The summed E-state index contributed by atoms with van der Waals surface area (Å²) in [5.74, 6) is -4.93. The van der Waals surface area contributed by atoms with Gasteiger partial charge in [0.1, 0.15) is 0 Å². The number of benzene rings is 2. The molecule has 1 atom stereocenters. The number of anilines is 1. The van der Waals surface area contributed by atoms with E-state index in [-0.39, 0.29) is 0 Å². The van der Waals surface area contributed by atoms with E-state index in [0.717, 1.165) is 23.2 Å². The van der Waals surface area contributed by atoms with Gasteiger partial charge < -0.3 is 14.6 Å². The lowest BCUT2D eigenvalue weighted by Gasteiger charge is -2.14. The fraction of sp³-hybridized carbons (Fsp3) is 0.263. The number of ether oxygens (including phenoxy) is 1. The molecule has 0 saturated heterocycles. The van der Waals surface area contributed by atoms with Crippen molar-refractivity contribution >= 4 is 34.4 Å². The predicted molar refractivity (Wildman–Crippen MR) is 102 cm³/mol. The molecule has 28 heavy (non-hydrogen) atoms. The summed E-state index contributed by atoms with van der Waals surface area (Å²) in [6, 6.07) is 9.29. The van der Waals surface area contributed by atoms with E-state index in [4.69, 9.17) is 4.74 Å². The van der Waals surface area contributed by atoms with Crippen LogP contribution in [0.1, 0.15) is 6.92 Å². The Morgan fingerprint density at radius 1 is 1.21 bits per heavy atom. The molecule has 5 nitrogen and oxygen atoms in total. The lowest BCUT2D eigenvalue weighted by molar-refractivity contribution is -0.115. The molecule has 1 amide bonds. The Labute approximate surface area is 163 Å². The van der Waals surface area contributed by atoms with Crippen molar-refractivity contribution in [3.05, 3.63) is 53.8 Å². The number of para-hydroxylation sites is 2. The number of hydrogen-bond acceptors (Lipinski definition) is 4. The van der Waals surface area contributed by atoms with Gasteiger partial charge in [-0.25, -0.2) is 18.2 Å². The molecule has 0 spiro atoms. The van der Waals surface area contributed by atoms with E-state index in [0.29, 0.717) is 18.3 Å². The molecule has 9 heteroatoms. The Morgan fingerprint density at radius 3 is 2.71 bits per heavy atom. The molecule has 3 aromatic rings. The van der Waals surface area contributed by atoms with Gasteiger partial charge in [-0.05, 0) is 31.2 Å². The van der Waals surface area contributed by atoms with Crippen molar-refractivity contribution in [1.29, 1.82) is 0 Å². The van der Waals surface area contributed by atoms with E-state index < -0.39 is 34.3 Å². The molecule has 0 aliphatic rings. The van der Waals surface area contributed by atoms with Gasteiger partial charge in [0.25, 0.3) is 0 Å². The van der Waals surface area contributed by atoms with E-state index in [1.54, 1.807) is 14.0 Å². The summed E-state index contributed by atoms with van der Waals surface area (Å²) in [5.41, 5.74) is 1.27. The Hall–Kier alpha value is -2.52. The first-order valence-electron chi connectivity index (χ1n) is 8.47. The van der Waals surface area contributed by atoms with Crippen molar-refractivity contribution in [2.24, 2.45) is 0 Å². The second kappa shape index (κ2) is 8.66. The number of nitrogens with one attached hydrogen (secondary N) is 1. The molecule has 0 saturated carbocycles. The number of rotatable bonds is 7. The zero-order valence-electron chi connectivity index (χ0n) is 15.2. The number of carbonyl (C=O) groups excluding carboxylic acids is 1. The lowest BCUT2D eigenvalue weighted by Crippen LogP contribution is -2.24. The summed E-state index contributed by atoms with van der Waals surface area (Å²) in [5, 5.41) is 2.23. The Bertz CT molecular complexity index is 1010. The second-order valence-electron chi connectivity index (χ2n) is 6.00. The maximum Gasteiger partial charge on any atom is 0.237 e. The maximum atomic E-state index is 13.8. The topological polar surface area (TPSA) is 56.1 Å². The zero-order valence-corrected chi connectivity index (χ0v) is 16.0. The molecule has 0 fully saturated rings. The number of methoxy groups -OCH3 is 1. The molecular weight excluding hydrogens is 391 g/mol. The van der Waals surface area contributed by atoms with Crippen molar-refractivity contribution in [3.8, 4) is 0 Å². The fourth-order valence-electron chi connectivity index (χ4n) is 2.61. The normalized spacial score (nSPS) is 12.3. The van der Waals surface area contributed by atoms with Crippen LogP contribution in [-0.2, 0) is 16.1 Å². The molecule has 1 aromatic heterocycles. The smallest absolute Gasteiger partial charge is 0.237 e. The van der Waals surface area contributed by atoms with Crippen molar-refractivity contribution in [2.75, 3.05) is 19.0 Å². The number of thioether (sulfide) groups is 1. The minimum absolute atomic E-state index is 0.413. The average molecular weight is 409 g/mol. The monoisotopic (exact) mass is 409 g/mol. The van der Waals surface area contributed by atoms with Gasteiger partial charge >= 0.3 is 0 Å². The van der Waals surface area contributed by atoms with Gasteiger partial charge in [0.05, 0.1) is 28.6 Å². The number of aromatic nitrogens is 2. The maximum absolute atomic E-state index is 13.8. The van der Waals surface area contributed by atoms with Crippen LogP contribution < -0.4 is 5.32 Å². The van der Waals surface area contributed by atoms with Crippen LogP contribution in [-0.4, -0.2) is 34.4 Å². The van der Waals surface area contributed by atoms with Crippen molar-refractivity contribution < 1.29 is 22.7 Å². The zero-order chi connectivity index (χ0) is 20.3. The average Bonchev–Trinajstić information content (AvgIpc) is 3.03. The molecule has 0 unspecified atom stereocenters. The van der Waals surface area contributed by atoms with Crippen LogP contribution in [0.15, 0.2) is 41.6 Å². The third-order valence-corrected chi connectivity index (χ3v) is 5.17. The number of hydrogen-bond donors (Lipinski definition) is 1. The molecule has 1 heterocycles. The van der Waals surface area contributed by atoms with Gasteiger partial charge in [-0.3, -0.25) is 4.79 Å². The van der Waals surface area contributed by atoms with Crippen molar-refractivity contribution in [2.45, 2.75) is 23.9 Å². The number of fused-ring (bicyclic) bond motifs is 1. The van der Waals surface area contributed by atoms with Gasteiger partial charge in [0.15, 0.2) is 22.6 Å². The molecular formula is C19H18F3N3O2S. The standard InChI is InChI=1S/C19H18F3N3O2S/c1-11(18(26)23-14-8-7-12(20)16(21)17(14)22)28-19-24-13-5-3-4-6-15(13)25(19)9-10-27-2/h3-8,11H,9-10H2,1-2H3,(H,23,26)/t11-/m0/s1. The summed E-state index contributed by atoms with van der Waals surface area (Å²) >= 11 is 1.18. The molecule has 0 radical (unpaired) electrons. The summed E-state index contributed by atoms with van der Waals surface area (Å²) in [7, 11) is 1.60. The van der Waals surface area contributed by atoms with Gasteiger partial charge in [0.2, 0.25) is 5.91 Å². The van der Waals surface area contributed by atoms with E-state index in [1.807, 2.05) is 28.8 Å². The fourth-order valence-corrected chi connectivity index (χ4v) is 3.56. The van der Waals surface area contributed by atoms with E-state index in [1.165, 1.54) is 11.8 Å². The molecule has 0 aliphatic heterocycles. The van der Waals surface area contributed by atoms with Crippen LogP contribution in [0.4, 0.5) is 18.9 Å². The largest absolute Gasteiger partial charge is 0.383 e. The molecule has 0 aliphatic carbocycles. The van der Waals surface area contributed by atoms with Gasteiger partial charge in [-0.15, -0.1) is 0 Å².